The van der Waals surface area contributed by atoms with Crippen LogP contribution in [0.25, 0.3) is 0 Å². The van der Waals surface area contributed by atoms with Gasteiger partial charge in [0.05, 0.1) is 18.6 Å². The second-order valence-corrected chi connectivity index (χ2v) is 7.83. The van der Waals surface area contributed by atoms with Gasteiger partial charge in [0.1, 0.15) is 12.3 Å². The van der Waals surface area contributed by atoms with Crippen molar-refractivity contribution in [3.05, 3.63) is 59.7 Å². The largest absolute Gasteiger partial charge is 0.494 e. The second kappa shape index (κ2) is 8.71. The maximum absolute atomic E-state index is 12.3. The van der Waals surface area contributed by atoms with E-state index in [2.05, 4.69) is 5.32 Å². The highest BCUT2D eigenvalue weighted by Gasteiger charge is 2.21. The van der Waals surface area contributed by atoms with Gasteiger partial charge in [-0.05, 0) is 37.6 Å². The van der Waals surface area contributed by atoms with Crippen LogP contribution in [-0.4, -0.2) is 33.7 Å². The van der Waals surface area contributed by atoms with Gasteiger partial charge in [-0.2, -0.15) is 0 Å². The second-order valence-electron chi connectivity index (χ2n) is 5.93. The maximum Gasteiger partial charge on any atom is 0.241 e. The highest BCUT2D eigenvalue weighted by atomic mass is 32.2. The number of sulfonamides is 1. The van der Waals surface area contributed by atoms with Crippen molar-refractivity contribution in [1.82, 2.24) is 5.32 Å². The van der Waals surface area contributed by atoms with Gasteiger partial charge in [0.15, 0.2) is 0 Å². The number of ether oxygens (including phenoxy) is 1. The molecule has 0 saturated carbocycles. The summed E-state index contributed by atoms with van der Waals surface area (Å²) in [4.78, 5) is 12.3. The fourth-order valence-corrected chi connectivity index (χ4v) is 3.36. The standard InChI is InChI=1S/C19H24N2O4S/c1-4-25-18-11-6-5-9-16(18)13-20-19(22)14-21(26(3,23)24)17-10-7-8-15(2)12-17/h5-12H,4,13-14H2,1-3H3,(H,20,22). The Labute approximate surface area is 154 Å². The average Bonchev–Trinajstić information content (AvgIpc) is 2.58. The third kappa shape index (κ3) is 5.49. The van der Waals surface area contributed by atoms with Crippen LogP contribution in [-0.2, 0) is 21.4 Å². The molecule has 2 aromatic rings. The van der Waals surface area contributed by atoms with Crippen molar-refractivity contribution >= 4 is 21.6 Å². The first-order valence-corrected chi connectivity index (χ1v) is 10.2. The topological polar surface area (TPSA) is 75.7 Å². The van der Waals surface area contributed by atoms with E-state index in [4.69, 9.17) is 4.74 Å². The fraction of sp³-hybridized carbons (Fsp3) is 0.316. The first kappa shape index (κ1) is 19.8. The minimum atomic E-state index is -3.58. The molecule has 26 heavy (non-hydrogen) atoms. The van der Waals surface area contributed by atoms with Gasteiger partial charge >= 0.3 is 0 Å². The SMILES string of the molecule is CCOc1ccccc1CNC(=O)CN(c1cccc(C)c1)S(C)(=O)=O. The normalized spacial score (nSPS) is 11.0. The Kier molecular flexibility index (Phi) is 6.63. The third-order valence-corrected chi connectivity index (χ3v) is 4.87. The lowest BCUT2D eigenvalue weighted by molar-refractivity contribution is -0.119. The first-order chi connectivity index (χ1) is 12.3. The van der Waals surface area contributed by atoms with Crippen molar-refractivity contribution in [2.45, 2.75) is 20.4 Å². The lowest BCUT2D eigenvalue weighted by atomic mass is 10.2. The Hall–Kier alpha value is -2.54. The summed E-state index contributed by atoms with van der Waals surface area (Å²) in [5.74, 6) is 0.317. The Morgan fingerprint density at radius 2 is 1.88 bits per heavy atom. The zero-order chi connectivity index (χ0) is 19.2. The third-order valence-electron chi connectivity index (χ3n) is 3.73. The number of carbonyl (C=O) groups excluding carboxylic acids is 1. The van der Waals surface area contributed by atoms with Crippen molar-refractivity contribution < 1.29 is 17.9 Å². The van der Waals surface area contributed by atoms with E-state index in [0.29, 0.717) is 18.0 Å². The lowest BCUT2D eigenvalue weighted by Crippen LogP contribution is -2.40. The summed E-state index contributed by atoms with van der Waals surface area (Å²) in [6, 6.07) is 14.5. The molecule has 7 heteroatoms. The Balaban J connectivity index is 2.09. The van der Waals surface area contributed by atoms with E-state index in [0.717, 1.165) is 21.7 Å². The van der Waals surface area contributed by atoms with Crippen molar-refractivity contribution in [1.29, 1.82) is 0 Å². The summed E-state index contributed by atoms with van der Waals surface area (Å²) in [6.07, 6.45) is 1.09. The van der Waals surface area contributed by atoms with Gasteiger partial charge in [-0.25, -0.2) is 8.42 Å². The predicted molar refractivity (Wildman–Crippen MR) is 103 cm³/mol. The molecule has 140 valence electrons. The van der Waals surface area contributed by atoms with E-state index < -0.39 is 10.0 Å². The number of benzene rings is 2. The molecule has 0 fully saturated rings. The molecule has 0 spiro atoms. The predicted octanol–water partition coefficient (Wildman–Crippen LogP) is 2.48. The number of para-hydroxylation sites is 1. The van der Waals surface area contributed by atoms with Crippen LogP contribution in [0.2, 0.25) is 0 Å². The molecular weight excluding hydrogens is 352 g/mol. The fourth-order valence-electron chi connectivity index (χ4n) is 2.51. The van der Waals surface area contributed by atoms with E-state index in [-0.39, 0.29) is 19.0 Å². The lowest BCUT2D eigenvalue weighted by Gasteiger charge is -2.22. The van der Waals surface area contributed by atoms with Crippen LogP contribution >= 0.6 is 0 Å². The quantitative estimate of drug-likeness (QED) is 0.768. The molecule has 2 aromatic carbocycles. The highest BCUT2D eigenvalue weighted by molar-refractivity contribution is 7.92. The minimum Gasteiger partial charge on any atom is -0.494 e. The molecule has 0 aliphatic carbocycles. The van der Waals surface area contributed by atoms with Gasteiger partial charge < -0.3 is 10.1 Å². The molecule has 1 N–H and O–H groups in total. The molecule has 0 saturated heterocycles. The monoisotopic (exact) mass is 376 g/mol. The van der Waals surface area contributed by atoms with Gasteiger partial charge in [-0.3, -0.25) is 9.10 Å². The average molecular weight is 376 g/mol. The molecule has 2 rings (SSSR count). The molecule has 6 nitrogen and oxygen atoms in total. The van der Waals surface area contributed by atoms with Gasteiger partial charge in [-0.15, -0.1) is 0 Å². The number of carbonyl (C=O) groups is 1. The van der Waals surface area contributed by atoms with Gasteiger partial charge in [0, 0.05) is 12.1 Å². The van der Waals surface area contributed by atoms with Crippen molar-refractivity contribution in [3.8, 4) is 5.75 Å². The Bertz CT molecular complexity index is 865. The number of aryl methyl sites for hydroxylation is 1. The first-order valence-electron chi connectivity index (χ1n) is 8.33. The zero-order valence-corrected chi connectivity index (χ0v) is 16.0. The van der Waals surface area contributed by atoms with Crippen molar-refractivity contribution in [2.75, 3.05) is 23.7 Å². The number of hydrogen-bond donors (Lipinski definition) is 1. The zero-order valence-electron chi connectivity index (χ0n) is 15.2. The molecule has 0 bridgehead atoms. The number of nitrogens with zero attached hydrogens (tertiary/aromatic N) is 1. The summed E-state index contributed by atoms with van der Waals surface area (Å²) in [5.41, 5.74) is 2.23. The van der Waals surface area contributed by atoms with Crippen molar-refractivity contribution in [2.24, 2.45) is 0 Å². The smallest absolute Gasteiger partial charge is 0.241 e. The van der Waals surface area contributed by atoms with Crippen LogP contribution in [0.3, 0.4) is 0 Å². The van der Waals surface area contributed by atoms with Gasteiger partial charge in [-0.1, -0.05) is 30.3 Å². The van der Waals surface area contributed by atoms with Crippen LogP contribution in [0.1, 0.15) is 18.1 Å². The molecule has 0 atom stereocenters. The highest BCUT2D eigenvalue weighted by Crippen LogP contribution is 2.19. The molecule has 0 unspecified atom stereocenters. The van der Waals surface area contributed by atoms with E-state index in [1.54, 1.807) is 18.2 Å². The number of amides is 1. The van der Waals surface area contributed by atoms with E-state index >= 15 is 0 Å². The van der Waals surface area contributed by atoms with Crippen LogP contribution in [0.15, 0.2) is 48.5 Å². The summed E-state index contributed by atoms with van der Waals surface area (Å²) >= 11 is 0. The van der Waals surface area contributed by atoms with Crippen LogP contribution in [0.4, 0.5) is 5.69 Å². The molecular formula is C19H24N2O4S. The molecule has 0 aliphatic rings. The van der Waals surface area contributed by atoms with Crippen LogP contribution in [0, 0.1) is 6.92 Å². The minimum absolute atomic E-state index is 0.264. The summed E-state index contributed by atoms with van der Waals surface area (Å²) in [6.45, 7) is 4.27. The molecule has 0 aliphatic heterocycles. The summed E-state index contributed by atoms with van der Waals surface area (Å²) in [7, 11) is -3.58. The maximum atomic E-state index is 12.3. The summed E-state index contributed by atoms with van der Waals surface area (Å²) in [5, 5.41) is 2.76. The molecule has 0 radical (unpaired) electrons. The molecule has 1 amide bonds. The molecule has 0 aromatic heterocycles. The number of rotatable bonds is 8. The van der Waals surface area contributed by atoms with E-state index in [9.17, 15) is 13.2 Å². The van der Waals surface area contributed by atoms with Crippen LogP contribution in [0.5, 0.6) is 5.75 Å². The number of anilines is 1. The van der Waals surface area contributed by atoms with E-state index in [1.165, 1.54) is 0 Å². The van der Waals surface area contributed by atoms with E-state index in [1.807, 2.05) is 44.2 Å². The van der Waals surface area contributed by atoms with Crippen LogP contribution < -0.4 is 14.4 Å². The Morgan fingerprint density at radius 1 is 1.15 bits per heavy atom. The molecule has 0 heterocycles. The number of hydrogen-bond acceptors (Lipinski definition) is 4. The Morgan fingerprint density at radius 3 is 2.54 bits per heavy atom. The number of nitrogens with one attached hydrogen (secondary N) is 1. The van der Waals surface area contributed by atoms with Crippen molar-refractivity contribution in [3.63, 3.8) is 0 Å². The van der Waals surface area contributed by atoms with Gasteiger partial charge in [0.25, 0.3) is 0 Å². The summed E-state index contributed by atoms with van der Waals surface area (Å²) < 4.78 is 30.9. The van der Waals surface area contributed by atoms with Gasteiger partial charge in [0.2, 0.25) is 15.9 Å².